The summed E-state index contributed by atoms with van der Waals surface area (Å²) in [7, 11) is 0. The van der Waals surface area contributed by atoms with E-state index in [1.54, 1.807) is 0 Å². The summed E-state index contributed by atoms with van der Waals surface area (Å²) >= 11 is 5.87. The van der Waals surface area contributed by atoms with E-state index in [0.717, 1.165) is 37.9 Å². The maximum absolute atomic E-state index is 5.87. The fraction of sp³-hybridized carbons (Fsp3) is 0.667. The van der Waals surface area contributed by atoms with Gasteiger partial charge >= 0.3 is 0 Å². The predicted octanol–water partition coefficient (Wildman–Crippen LogP) is 2.29. The van der Waals surface area contributed by atoms with Crippen LogP contribution >= 0.6 is 11.6 Å². The molecule has 0 spiro atoms. The Labute approximate surface area is 101 Å². The summed E-state index contributed by atoms with van der Waals surface area (Å²) in [4.78, 5) is 2.53. The molecule has 1 aliphatic carbocycles. The smallest absolute Gasteiger partial charge is 0.193 e. The molecule has 1 aliphatic heterocycles. The van der Waals surface area contributed by atoms with Gasteiger partial charge in [0.15, 0.2) is 5.22 Å². The molecule has 2 aliphatic rings. The highest BCUT2D eigenvalue weighted by Crippen LogP contribution is 2.45. The van der Waals surface area contributed by atoms with Crippen LogP contribution in [0.5, 0.6) is 0 Å². The largest absolute Gasteiger partial charge is 0.448 e. The Kier molecular flexibility index (Phi) is 2.92. The van der Waals surface area contributed by atoms with Gasteiger partial charge < -0.3 is 9.73 Å². The minimum Gasteiger partial charge on any atom is -0.448 e. The van der Waals surface area contributed by atoms with E-state index in [1.807, 2.05) is 12.1 Å². The summed E-state index contributed by atoms with van der Waals surface area (Å²) in [6, 6.07) is 4.34. The topological polar surface area (TPSA) is 28.4 Å². The molecule has 0 amide bonds. The van der Waals surface area contributed by atoms with Crippen molar-refractivity contribution < 1.29 is 4.42 Å². The Morgan fingerprint density at radius 3 is 2.62 bits per heavy atom. The van der Waals surface area contributed by atoms with Crippen LogP contribution in [-0.4, -0.2) is 31.1 Å². The molecule has 1 aromatic heterocycles. The second kappa shape index (κ2) is 4.40. The van der Waals surface area contributed by atoms with Crippen molar-refractivity contribution in [2.75, 3.05) is 26.2 Å². The molecule has 16 heavy (non-hydrogen) atoms. The quantitative estimate of drug-likeness (QED) is 0.879. The fourth-order valence-corrected chi connectivity index (χ4v) is 2.72. The molecular formula is C12H17ClN2O. The number of rotatable bonds is 3. The van der Waals surface area contributed by atoms with Gasteiger partial charge in [-0.15, -0.1) is 0 Å². The number of piperazine rings is 1. The van der Waals surface area contributed by atoms with E-state index in [9.17, 15) is 0 Å². The number of nitrogens with one attached hydrogen (secondary N) is 1. The number of hydrogen-bond donors (Lipinski definition) is 1. The zero-order valence-corrected chi connectivity index (χ0v) is 10.0. The van der Waals surface area contributed by atoms with Crippen LogP contribution in [0.15, 0.2) is 16.5 Å². The van der Waals surface area contributed by atoms with Crippen molar-refractivity contribution in [1.82, 2.24) is 10.2 Å². The second-order valence-corrected chi connectivity index (χ2v) is 5.08. The van der Waals surface area contributed by atoms with E-state index in [-0.39, 0.29) is 0 Å². The van der Waals surface area contributed by atoms with Gasteiger partial charge in [0.25, 0.3) is 0 Å². The van der Waals surface area contributed by atoms with E-state index in [2.05, 4.69) is 10.2 Å². The number of hydrogen-bond acceptors (Lipinski definition) is 3. The lowest BCUT2D eigenvalue weighted by atomic mass is 10.1. The van der Waals surface area contributed by atoms with Crippen LogP contribution in [0.3, 0.4) is 0 Å². The van der Waals surface area contributed by atoms with Gasteiger partial charge in [0.1, 0.15) is 5.76 Å². The van der Waals surface area contributed by atoms with E-state index >= 15 is 0 Å². The minimum absolute atomic E-state index is 0.453. The summed E-state index contributed by atoms with van der Waals surface area (Å²) in [5.74, 6) is 1.83. The molecule has 3 nitrogen and oxygen atoms in total. The second-order valence-electron chi connectivity index (χ2n) is 4.71. The third-order valence-corrected chi connectivity index (χ3v) is 3.70. The molecule has 3 rings (SSSR count). The zero-order valence-electron chi connectivity index (χ0n) is 9.29. The first-order valence-electron chi connectivity index (χ1n) is 6.04. The lowest BCUT2D eigenvalue weighted by molar-refractivity contribution is 0.137. The molecule has 0 bridgehead atoms. The van der Waals surface area contributed by atoms with E-state index < -0.39 is 0 Å². The number of furan rings is 1. The maximum atomic E-state index is 5.87. The third-order valence-electron chi connectivity index (χ3n) is 3.50. The van der Waals surface area contributed by atoms with Crippen LogP contribution in [-0.2, 0) is 0 Å². The SMILES string of the molecule is Clc1ccc([C@H](C2CC2)N2CCNCC2)o1. The van der Waals surface area contributed by atoms with Crippen molar-refractivity contribution in [2.45, 2.75) is 18.9 Å². The Bertz CT molecular complexity index is 356. The van der Waals surface area contributed by atoms with E-state index in [4.69, 9.17) is 16.0 Å². The van der Waals surface area contributed by atoms with Crippen molar-refractivity contribution in [1.29, 1.82) is 0 Å². The van der Waals surface area contributed by atoms with Gasteiger partial charge in [-0.05, 0) is 42.5 Å². The maximum Gasteiger partial charge on any atom is 0.193 e. The van der Waals surface area contributed by atoms with Gasteiger partial charge in [-0.25, -0.2) is 0 Å². The van der Waals surface area contributed by atoms with Crippen LogP contribution < -0.4 is 5.32 Å². The van der Waals surface area contributed by atoms with Crippen molar-refractivity contribution in [3.8, 4) is 0 Å². The molecule has 2 heterocycles. The first-order valence-corrected chi connectivity index (χ1v) is 6.42. The molecule has 0 radical (unpaired) electrons. The summed E-state index contributed by atoms with van der Waals surface area (Å²) < 4.78 is 5.60. The minimum atomic E-state index is 0.453. The Morgan fingerprint density at radius 1 is 1.31 bits per heavy atom. The highest BCUT2D eigenvalue weighted by atomic mass is 35.5. The first-order chi connectivity index (χ1) is 7.84. The van der Waals surface area contributed by atoms with Crippen LogP contribution in [0.2, 0.25) is 5.22 Å². The molecule has 1 atom stereocenters. The molecule has 1 N–H and O–H groups in total. The van der Waals surface area contributed by atoms with Crippen molar-refractivity contribution >= 4 is 11.6 Å². The average molecular weight is 241 g/mol. The summed E-state index contributed by atoms with van der Waals surface area (Å²) in [5, 5.41) is 3.90. The Hall–Kier alpha value is -0.510. The fourth-order valence-electron chi connectivity index (χ4n) is 2.57. The monoisotopic (exact) mass is 240 g/mol. The first kappa shape index (κ1) is 10.6. The normalized spacial score (nSPS) is 24.6. The van der Waals surface area contributed by atoms with Crippen molar-refractivity contribution in [2.24, 2.45) is 5.92 Å². The number of halogens is 1. The van der Waals surface area contributed by atoms with Crippen LogP contribution in [0.4, 0.5) is 0 Å². The van der Waals surface area contributed by atoms with Gasteiger partial charge in [0.05, 0.1) is 6.04 Å². The lowest BCUT2D eigenvalue weighted by Gasteiger charge is -2.33. The number of nitrogens with zero attached hydrogens (tertiary/aromatic N) is 1. The van der Waals surface area contributed by atoms with Crippen LogP contribution in [0.1, 0.15) is 24.6 Å². The zero-order chi connectivity index (χ0) is 11.0. The van der Waals surface area contributed by atoms with E-state index in [0.29, 0.717) is 11.3 Å². The molecule has 1 aromatic rings. The molecule has 1 saturated carbocycles. The highest BCUT2D eigenvalue weighted by Gasteiger charge is 2.38. The molecular weight excluding hydrogens is 224 g/mol. The standard InChI is InChI=1S/C12H17ClN2O/c13-11-4-3-10(16-11)12(9-1-2-9)15-7-5-14-6-8-15/h3-4,9,12,14H,1-2,5-8H2/t12-/m0/s1. The average Bonchev–Trinajstić information content (AvgIpc) is 3.04. The van der Waals surface area contributed by atoms with Gasteiger partial charge in [0, 0.05) is 26.2 Å². The van der Waals surface area contributed by atoms with Crippen LogP contribution in [0, 0.1) is 5.92 Å². The molecule has 0 aromatic carbocycles. The molecule has 2 fully saturated rings. The van der Waals surface area contributed by atoms with E-state index in [1.165, 1.54) is 12.8 Å². The molecule has 0 unspecified atom stereocenters. The van der Waals surface area contributed by atoms with Crippen molar-refractivity contribution in [3.05, 3.63) is 23.1 Å². The van der Waals surface area contributed by atoms with Gasteiger partial charge in [-0.1, -0.05) is 0 Å². The highest BCUT2D eigenvalue weighted by molar-refractivity contribution is 6.28. The Balaban J connectivity index is 1.79. The van der Waals surface area contributed by atoms with Gasteiger partial charge in [0.2, 0.25) is 0 Å². The summed E-state index contributed by atoms with van der Waals surface area (Å²) in [6.07, 6.45) is 2.65. The summed E-state index contributed by atoms with van der Waals surface area (Å²) in [6.45, 7) is 4.38. The Morgan fingerprint density at radius 2 is 2.06 bits per heavy atom. The van der Waals surface area contributed by atoms with Gasteiger partial charge in [-0.3, -0.25) is 4.90 Å². The van der Waals surface area contributed by atoms with Crippen molar-refractivity contribution in [3.63, 3.8) is 0 Å². The van der Waals surface area contributed by atoms with Gasteiger partial charge in [-0.2, -0.15) is 0 Å². The lowest BCUT2D eigenvalue weighted by Crippen LogP contribution is -2.45. The molecule has 1 saturated heterocycles. The molecule has 88 valence electrons. The predicted molar refractivity (Wildman–Crippen MR) is 63.6 cm³/mol. The van der Waals surface area contributed by atoms with Crippen LogP contribution in [0.25, 0.3) is 0 Å². The summed E-state index contributed by atoms with van der Waals surface area (Å²) in [5.41, 5.74) is 0. The third kappa shape index (κ3) is 2.12. The molecule has 4 heteroatoms.